The zero-order chi connectivity index (χ0) is 12.4. The van der Waals surface area contributed by atoms with Gasteiger partial charge in [0.2, 0.25) is 11.8 Å². The van der Waals surface area contributed by atoms with Crippen molar-refractivity contribution in [3.63, 3.8) is 0 Å². The number of carbonyl (C=O) groups is 1. The van der Waals surface area contributed by atoms with Crippen LogP contribution in [0.1, 0.15) is 25.2 Å². The lowest BCUT2D eigenvalue weighted by atomic mass is 10.3. The third kappa shape index (κ3) is 2.76. The fourth-order valence-corrected chi connectivity index (χ4v) is 2.25. The number of rotatable bonds is 5. The Morgan fingerprint density at radius 1 is 1.50 bits per heavy atom. The van der Waals surface area contributed by atoms with Gasteiger partial charge in [-0.05, 0) is 24.3 Å². The molecule has 0 aromatic carbocycles. The Morgan fingerprint density at radius 2 is 2.39 bits per heavy atom. The van der Waals surface area contributed by atoms with Crippen molar-refractivity contribution >= 4 is 17.2 Å². The molecule has 2 aromatic heterocycles. The maximum atomic E-state index is 11.5. The van der Waals surface area contributed by atoms with Gasteiger partial charge in [-0.25, -0.2) is 0 Å². The van der Waals surface area contributed by atoms with E-state index in [4.69, 9.17) is 4.42 Å². The van der Waals surface area contributed by atoms with Crippen LogP contribution in [0.25, 0.3) is 10.8 Å². The molecule has 1 aliphatic carbocycles. The molecule has 1 aliphatic rings. The Morgan fingerprint density at radius 3 is 3.11 bits per heavy atom. The summed E-state index contributed by atoms with van der Waals surface area (Å²) in [4.78, 5) is 12.5. The fraction of sp³-hybridized carbons (Fsp3) is 0.417. The fourth-order valence-electron chi connectivity index (χ4n) is 1.60. The molecule has 1 fully saturated rings. The van der Waals surface area contributed by atoms with Crippen molar-refractivity contribution in [3.05, 3.63) is 23.4 Å². The van der Waals surface area contributed by atoms with E-state index >= 15 is 0 Å². The Hall–Kier alpha value is -1.69. The summed E-state index contributed by atoms with van der Waals surface area (Å²) in [5, 5.41) is 12.8. The number of aryl methyl sites for hydroxylation is 1. The number of hydrogen-bond donors (Lipinski definition) is 1. The second kappa shape index (κ2) is 4.89. The lowest BCUT2D eigenvalue weighted by Gasteiger charge is -1.99. The summed E-state index contributed by atoms with van der Waals surface area (Å²) in [5.74, 6) is 1.11. The van der Waals surface area contributed by atoms with Gasteiger partial charge >= 0.3 is 0 Å². The van der Waals surface area contributed by atoms with E-state index in [-0.39, 0.29) is 5.91 Å². The van der Waals surface area contributed by atoms with E-state index in [0.29, 0.717) is 30.7 Å². The number of nitrogens with one attached hydrogen (secondary N) is 1. The lowest BCUT2D eigenvalue weighted by molar-refractivity contribution is -0.121. The van der Waals surface area contributed by atoms with Crippen LogP contribution in [-0.2, 0) is 11.2 Å². The minimum absolute atomic E-state index is 0.0633. The van der Waals surface area contributed by atoms with Crippen LogP contribution < -0.4 is 5.32 Å². The van der Waals surface area contributed by atoms with Crippen molar-refractivity contribution in [1.29, 1.82) is 0 Å². The summed E-state index contributed by atoms with van der Waals surface area (Å²) in [7, 11) is 0. The minimum atomic E-state index is 0.0633. The number of amides is 1. The normalized spacial score (nSPS) is 14.7. The molecule has 0 spiro atoms. The first kappa shape index (κ1) is 11.4. The first-order chi connectivity index (χ1) is 8.81. The molecule has 6 heteroatoms. The minimum Gasteiger partial charge on any atom is -0.420 e. The van der Waals surface area contributed by atoms with E-state index in [1.165, 1.54) is 0 Å². The van der Waals surface area contributed by atoms with Gasteiger partial charge in [-0.3, -0.25) is 4.79 Å². The van der Waals surface area contributed by atoms with Crippen LogP contribution in [0.3, 0.4) is 0 Å². The van der Waals surface area contributed by atoms with E-state index in [1.807, 2.05) is 17.5 Å². The smallest absolute Gasteiger partial charge is 0.257 e. The topological polar surface area (TPSA) is 68.0 Å². The number of thiophene rings is 1. The molecule has 1 saturated carbocycles. The van der Waals surface area contributed by atoms with Crippen LogP contribution in [-0.4, -0.2) is 22.1 Å². The van der Waals surface area contributed by atoms with Gasteiger partial charge in [-0.2, -0.15) is 0 Å². The van der Waals surface area contributed by atoms with Gasteiger partial charge in [0.25, 0.3) is 5.89 Å². The summed E-state index contributed by atoms with van der Waals surface area (Å²) < 4.78 is 5.51. The third-order valence-electron chi connectivity index (χ3n) is 2.71. The Balaban J connectivity index is 1.55. The van der Waals surface area contributed by atoms with Gasteiger partial charge < -0.3 is 9.73 Å². The molecule has 0 unspecified atom stereocenters. The zero-order valence-electron chi connectivity index (χ0n) is 9.76. The molecule has 18 heavy (non-hydrogen) atoms. The van der Waals surface area contributed by atoms with Gasteiger partial charge in [-0.1, -0.05) is 6.07 Å². The van der Waals surface area contributed by atoms with Crippen molar-refractivity contribution in [2.24, 2.45) is 0 Å². The molecule has 0 aliphatic heterocycles. The number of aromatic nitrogens is 2. The molecular weight excluding hydrogens is 250 g/mol. The number of carbonyl (C=O) groups excluding carboxylic acids is 1. The molecule has 2 heterocycles. The quantitative estimate of drug-likeness (QED) is 0.896. The van der Waals surface area contributed by atoms with E-state index < -0.39 is 0 Å². The van der Waals surface area contributed by atoms with Crippen LogP contribution in [0.2, 0.25) is 0 Å². The first-order valence-corrected chi connectivity index (χ1v) is 6.85. The second-order valence-electron chi connectivity index (χ2n) is 4.32. The van der Waals surface area contributed by atoms with E-state index in [1.54, 1.807) is 11.3 Å². The highest BCUT2D eigenvalue weighted by Gasteiger charge is 2.23. The van der Waals surface area contributed by atoms with Gasteiger partial charge in [0.15, 0.2) is 0 Å². The maximum absolute atomic E-state index is 11.5. The highest BCUT2D eigenvalue weighted by Crippen LogP contribution is 2.23. The zero-order valence-corrected chi connectivity index (χ0v) is 10.6. The van der Waals surface area contributed by atoms with Gasteiger partial charge in [0.05, 0.1) is 4.88 Å². The van der Waals surface area contributed by atoms with Gasteiger partial charge in [-0.15, -0.1) is 21.5 Å². The highest BCUT2D eigenvalue weighted by molar-refractivity contribution is 7.13. The molecule has 1 amide bonds. The van der Waals surface area contributed by atoms with Crippen LogP contribution >= 0.6 is 11.3 Å². The molecule has 0 atom stereocenters. The summed E-state index contributed by atoms with van der Waals surface area (Å²) in [5.41, 5.74) is 0. The van der Waals surface area contributed by atoms with E-state index in [0.717, 1.165) is 17.7 Å². The predicted molar refractivity (Wildman–Crippen MR) is 67.1 cm³/mol. The molecule has 0 radical (unpaired) electrons. The monoisotopic (exact) mass is 263 g/mol. The van der Waals surface area contributed by atoms with E-state index in [9.17, 15) is 4.79 Å². The van der Waals surface area contributed by atoms with E-state index in [2.05, 4.69) is 15.5 Å². The number of hydrogen-bond acceptors (Lipinski definition) is 5. The summed E-state index contributed by atoms with van der Waals surface area (Å²) >= 11 is 1.55. The largest absolute Gasteiger partial charge is 0.420 e. The van der Waals surface area contributed by atoms with Crippen molar-refractivity contribution in [2.75, 3.05) is 0 Å². The molecular formula is C12H13N3O2S. The average Bonchev–Trinajstić information content (AvgIpc) is 2.87. The molecule has 5 nitrogen and oxygen atoms in total. The van der Waals surface area contributed by atoms with Crippen LogP contribution in [0.5, 0.6) is 0 Å². The van der Waals surface area contributed by atoms with Crippen molar-refractivity contribution in [1.82, 2.24) is 15.5 Å². The third-order valence-corrected chi connectivity index (χ3v) is 3.57. The standard InChI is InChI=1S/C12H13N3O2S/c16-10(13-8-3-4-8)5-6-11-14-15-12(17-11)9-2-1-7-18-9/h1-2,7-8H,3-6H2,(H,13,16). The molecule has 1 N–H and O–H groups in total. The lowest BCUT2D eigenvalue weighted by Crippen LogP contribution is -2.25. The van der Waals surface area contributed by atoms with Gasteiger partial charge in [0, 0.05) is 18.9 Å². The molecule has 3 rings (SSSR count). The maximum Gasteiger partial charge on any atom is 0.257 e. The van der Waals surface area contributed by atoms with Crippen LogP contribution in [0.4, 0.5) is 0 Å². The van der Waals surface area contributed by atoms with Crippen molar-refractivity contribution in [2.45, 2.75) is 31.7 Å². The molecule has 2 aromatic rings. The Bertz CT molecular complexity index is 531. The van der Waals surface area contributed by atoms with Crippen LogP contribution in [0.15, 0.2) is 21.9 Å². The SMILES string of the molecule is O=C(CCc1nnc(-c2cccs2)o1)NC1CC1. The van der Waals surface area contributed by atoms with Crippen molar-refractivity contribution < 1.29 is 9.21 Å². The van der Waals surface area contributed by atoms with Gasteiger partial charge in [0.1, 0.15) is 0 Å². The Kier molecular flexibility index (Phi) is 3.10. The van der Waals surface area contributed by atoms with Crippen LogP contribution in [0, 0.1) is 0 Å². The molecule has 94 valence electrons. The predicted octanol–water partition coefficient (Wildman–Crippen LogP) is 2.01. The number of nitrogens with zero attached hydrogens (tertiary/aromatic N) is 2. The summed E-state index contributed by atoms with van der Waals surface area (Å²) in [6.45, 7) is 0. The average molecular weight is 263 g/mol. The highest BCUT2D eigenvalue weighted by atomic mass is 32.1. The second-order valence-corrected chi connectivity index (χ2v) is 5.27. The van der Waals surface area contributed by atoms with Crippen molar-refractivity contribution in [3.8, 4) is 10.8 Å². The first-order valence-electron chi connectivity index (χ1n) is 5.97. The summed E-state index contributed by atoms with van der Waals surface area (Å²) in [6.07, 6.45) is 3.11. The Labute approximate surface area is 108 Å². The molecule has 0 saturated heterocycles. The molecule has 0 bridgehead atoms. The summed E-state index contributed by atoms with van der Waals surface area (Å²) in [6, 6.07) is 4.27.